The molecule has 5 nitrogen and oxygen atoms in total. The van der Waals surface area contributed by atoms with E-state index in [1.165, 1.54) is 0 Å². The molecule has 2 aromatic rings. The predicted molar refractivity (Wildman–Crippen MR) is 92.5 cm³/mol. The van der Waals surface area contributed by atoms with Crippen LogP contribution in [0.2, 0.25) is 0 Å². The third-order valence-corrected chi connectivity index (χ3v) is 4.84. The first-order valence-corrected chi connectivity index (χ1v) is 8.21. The fourth-order valence-electron chi connectivity index (χ4n) is 3.35. The largest absolute Gasteiger partial charge is 0.497 e. The lowest BCUT2D eigenvalue weighted by Crippen LogP contribution is -2.44. The van der Waals surface area contributed by atoms with Crippen molar-refractivity contribution < 1.29 is 9.53 Å². The maximum Gasteiger partial charge on any atom is 0.166 e. The molecular formula is C18H25N3O2. The van der Waals surface area contributed by atoms with E-state index in [-0.39, 0.29) is 5.78 Å². The van der Waals surface area contributed by atoms with Crippen LogP contribution in [0.3, 0.4) is 0 Å². The van der Waals surface area contributed by atoms with E-state index < -0.39 is 0 Å². The number of Topliss-reactive ketones (excluding diaryl/α,β-unsaturated/α-hetero) is 1. The molecule has 0 amide bonds. The van der Waals surface area contributed by atoms with E-state index in [9.17, 15) is 4.79 Å². The Kier molecular flexibility index (Phi) is 4.68. The Labute approximate surface area is 137 Å². The third-order valence-electron chi connectivity index (χ3n) is 4.84. The zero-order valence-electron chi connectivity index (χ0n) is 14.2. The molecule has 0 saturated carbocycles. The van der Waals surface area contributed by atoms with E-state index >= 15 is 0 Å². The number of ether oxygens (including phenoxy) is 1. The van der Waals surface area contributed by atoms with Gasteiger partial charge in [0.1, 0.15) is 5.75 Å². The van der Waals surface area contributed by atoms with Gasteiger partial charge in [0.05, 0.1) is 7.11 Å². The number of aromatic nitrogens is 1. The number of aryl methyl sites for hydroxylation is 1. The summed E-state index contributed by atoms with van der Waals surface area (Å²) in [4.78, 5) is 15.2. The van der Waals surface area contributed by atoms with Crippen molar-refractivity contribution in [1.82, 2.24) is 14.8 Å². The average Bonchev–Trinajstić information content (AvgIpc) is 2.84. The van der Waals surface area contributed by atoms with E-state index in [0.717, 1.165) is 60.6 Å². The van der Waals surface area contributed by atoms with Gasteiger partial charge in [-0.15, -0.1) is 0 Å². The van der Waals surface area contributed by atoms with Crippen molar-refractivity contribution >= 4 is 16.7 Å². The van der Waals surface area contributed by atoms with Gasteiger partial charge in [0.25, 0.3) is 0 Å². The minimum Gasteiger partial charge on any atom is -0.497 e. The number of carbonyl (C=O) groups excluding carboxylic acids is 1. The number of rotatable bonds is 5. The smallest absolute Gasteiger partial charge is 0.166 e. The van der Waals surface area contributed by atoms with Crippen molar-refractivity contribution in [2.45, 2.75) is 13.3 Å². The number of benzene rings is 1. The molecule has 1 N–H and O–H groups in total. The molecular weight excluding hydrogens is 290 g/mol. The van der Waals surface area contributed by atoms with Crippen molar-refractivity contribution in [1.29, 1.82) is 0 Å². The zero-order valence-corrected chi connectivity index (χ0v) is 14.2. The number of carbonyl (C=O) groups is 1. The molecule has 0 bridgehead atoms. The Hall–Kier alpha value is -1.85. The lowest BCUT2D eigenvalue weighted by Gasteiger charge is -2.26. The topological polar surface area (TPSA) is 46.5 Å². The summed E-state index contributed by atoms with van der Waals surface area (Å²) in [6, 6.07) is 5.94. The van der Waals surface area contributed by atoms with Crippen molar-refractivity contribution in [3.05, 3.63) is 29.5 Å². The molecule has 0 atom stereocenters. The lowest BCUT2D eigenvalue weighted by molar-refractivity contribution is 0.0961. The first kappa shape index (κ1) is 16.0. The van der Waals surface area contributed by atoms with Crippen molar-refractivity contribution in [2.24, 2.45) is 7.05 Å². The Bertz CT molecular complexity index is 715. The molecule has 5 heteroatoms. The molecule has 0 unspecified atom stereocenters. The summed E-state index contributed by atoms with van der Waals surface area (Å²) < 4.78 is 7.42. The number of piperazine rings is 1. The number of methoxy groups -OCH3 is 1. The monoisotopic (exact) mass is 315 g/mol. The zero-order chi connectivity index (χ0) is 16.4. The lowest BCUT2D eigenvalue weighted by atomic mass is 10.0. The highest BCUT2D eigenvalue weighted by molar-refractivity contribution is 6.09. The van der Waals surface area contributed by atoms with Crippen LogP contribution in [-0.4, -0.2) is 55.1 Å². The van der Waals surface area contributed by atoms with Gasteiger partial charge in [-0.1, -0.05) is 0 Å². The summed E-state index contributed by atoms with van der Waals surface area (Å²) in [6.07, 6.45) is 0.567. The molecule has 2 heterocycles. The molecule has 1 saturated heterocycles. The summed E-state index contributed by atoms with van der Waals surface area (Å²) in [6.45, 7) is 6.92. The first-order valence-electron chi connectivity index (χ1n) is 8.21. The van der Waals surface area contributed by atoms with E-state index in [4.69, 9.17) is 4.74 Å². The van der Waals surface area contributed by atoms with Crippen LogP contribution in [0.4, 0.5) is 0 Å². The number of hydrogen-bond donors (Lipinski definition) is 1. The highest BCUT2D eigenvalue weighted by Crippen LogP contribution is 2.29. The molecule has 0 aliphatic carbocycles. The van der Waals surface area contributed by atoms with Gasteiger partial charge in [0.15, 0.2) is 5.78 Å². The van der Waals surface area contributed by atoms with Gasteiger partial charge in [-0.3, -0.25) is 4.79 Å². The van der Waals surface area contributed by atoms with E-state index in [0.29, 0.717) is 6.42 Å². The van der Waals surface area contributed by atoms with Crippen LogP contribution in [0.1, 0.15) is 22.5 Å². The molecule has 23 heavy (non-hydrogen) atoms. The molecule has 1 aromatic carbocycles. The van der Waals surface area contributed by atoms with Crippen LogP contribution in [0.15, 0.2) is 18.2 Å². The molecule has 1 fully saturated rings. The first-order chi connectivity index (χ1) is 11.1. The fraction of sp³-hybridized carbons (Fsp3) is 0.500. The Morgan fingerprint density at radius 2 is 2.04 bits per heavy atom. The number of fused-ring (bicyclic) bond motifs is 1. The SMILES string of the molecule is COc1ccc2c(c1)c(C(=O)CCN1CCNCC1)c(C)n2C. The van der Waals surface area contributed by atoms with Gasteiger partial charge in [-0.2, -0.15) is 0 Å². The second-order valence-corrected chi connectivity index (χ2v) is 6.17. The summed E-state index contributed by atoms with van der Waals surface area (Å²) >= 11 is 0. The van der Waals surface area contributed by atoms with Crippen molar-refractivity contribution in [2.75, 3.05) is 39.8 Å². The van der Waals surface area contributed by atoms with Crippen LogP contribution in [0.25, 0.3) is 10.9 Å². The summed E-state index contributed by atoms with van der Waals surface area (Å²) in [5.74, 6) is 1.01. The Morgan fingerprint density at radius 3 is 2.74 bits per heavy atom. The average molecular weight is 315 g/mol. The predicted octanol–water partition coefficient (Wildman–Crippen LogP) is 1.97. The second kappa shape index (κ2) is 6.72. The van der Waals surface area contributed by atoms with E-state index in [1.54, 1.807) is 7.11 Å². The van der Waals surface area contributed by atoms with E-state index in [1.807, 2.05) is 32.2 Å². The number of ketones is 1. The molecule has 0 radical (unpaired) electrons. The van der Waals surface area contributed by atoms with Gasteiger partial charge in [0, 0.05) is 68.4 Å². The van der Waals surface area contributed by atoms with E-state index in [2.05, 4.69) is 14.8 Å². The van der Waals surface area contributed by atoms with Crippen LogP contribution < -0.4 is 10.1 Å². The van der Waals surface area contributed by atoms with Crippen LogP contribution >= 0.6 is 0 Å². The van der Waals surface area contributed by atoms with Crippen LogP contribution in [0.5, 0.6) is 5.75 Å². The Balaban J connectivity index is 1.85. The molecule has 0 spiro atoms. The highest BCUT2D eigenvalue weighted by atomic mass is 16.5. The summed E-state index contributed by atoms with van der Waals surface area (Å²) in [7, 11) is 3.67. The maximum atomic E-state index is 12.8. The molecule has 1 aromatic heterocycles. The summed E-state index contributed by atoms with van der Waals surface area (Å²) in [5.41, 5.74) is 2.95. The molecule has 1 aliphatic rings. The quantitative estimate of drug-likeness (QED) is 0.857. The van der Waals surface area contributed by atoms with Crippen LogP contribution in [0, 0.1) is 6.92 Å². The normalized spacial score (nSPS) is 16.0. The second-order valence-electron chi connectivity index (χ2n) is 6.17. The fourth-order valence-corrected chi connectivity index (χ4v) is 3.35. The molecule has 1 aliphatic heterocycles. The molecule has 124 valence electrons. The number of hydrogen-bond acceptors (Lipinski definition) is 4. The third kappa shape index (κ3) is 3.12. The summed E-state index contributed by atoms with van der Waals surface area (Å²) in [5, 5.41) is 4.33. The standard InChI is InChI=1S/C18H25N3O2/c1-13-18(17(22)6-9-21-10-7-19-8-11-21)15-12-14(23-3)4-5-16(15)20(13)2/h4-5,12,19H,6-11H2,1-3H3. The maximum absolute atomic E-state index is 12.8. The minimum absolute atomic E-state index is 0.222. The molecule has 3 rings (SSSR count). The van der Waals surface area contributed by atoms with Gasteiger partial charge in [-0.25, -0.2) is 0 Å². The van der Waals surface area contributed by atoms with Gasteiger partial charge >= 0.3 is 0 Å². The van der Waals surface area contributed by atoms with Crippen molar-refractivity contribution in [3.63, 3.8) is 0 Å². The highest BCUT2D eigenvalue weighted by Gasteiger charge is 2.20. The Morgan fingerprint density at radius 1 is 1.30 bits per heavy atom. The van der Waals surface area contributed by atoms with Crippen molar-refractivity contribution in [3.8, 4) is 5.75 Å². The van der Waals surface area contributed by atoms with Gasteiger partial charge in [-0.05, 0) is 25.1 Å². The minimum atomic E-state index is 0.222. The van der Waals surface area contributed by atoms with Gasteiger partial charge < -0.3 is 19.5 Å². The van der Waals surface area contributed by atoms with Gasteiger partial charge in [0.2, 0.25) is 0 Å². The number of nitrogens with one attached hydrogen (secondary N) is 1. The van der Waals surface area contributed by atoms with Crippen LogP contribution in [-0.2, 0) is 7.05 Å². The number of nitrogens with zero attached hydrogens (tertiary/aromatic N) is 2.